The van der Waals surface area contributed by atoms with Crippen molar-refractivity contribution in [2.24, 2.45) is 16.3 Å². The number of aliphatic imine (C=N–C) groups is 1. The lowest BCUT2D eigenvalue weighted by molar-refractivity contribution is -0.128. The number of benzene rings is 1. The number of hydrogen-bond acceptors (Lipinski definition) is 3. The summed E-state index contributed by atoms with van der Waals surface area (Å²) in [4.78, 5) is 18.7. The number of rotatable bonds is 7. The highest BCUT2D eigenvalue weighted by molar-refractivity contribution is 14.0. The molecule has 2 saturated heterocycles. The van der Waals surface area contributed by atoms with Gasteiger partial charge in [-0.2, -0.15) is 0 Å². The fraction of sp³-hybridized carbons (Fsp3) is 0.680. The molecule has 32 heavy (non-hydrogen) atoms. The van der Waals surface area contributed by atoms with Crippen LogP contribution in [0, 0.1) is 11.3 Å². The van der Waals surface area contributed by atoms with Crippen LogP contribution >= 0.6 is 24.0 Å². The monoisotopic (exact) mass is 556 g/mol. The van der Waals surface area contributed by atoms with Crippen molar-refractivity contribution in [2.75, 3.05) is 26.2 Å². The molecule has 2 heterocycles. The summed E-state index contributed by atoms with van der Waals surface area (Å²) in [5, 5.41) is 6.92. The summed E-state index contributed by atoms with van der Waals surface area (Å²) in [7, 11) is 0. The number of nitrogens with zero attached hydrogens (tertiary/aromatic N) is 2. The van der Waals surface area contributed by atoms with Gasteiger partial charge in [0.1, 0.15) is 0 Å². The molecule has 2 fully saturated rings. The van der Waals surface area contributed by atoms with E-state index < -0.39 is 0 Å². The van der Waals surface area contributed by atoms with Gasteiger partial charge in [0.05, 0.1) is 12.6 Å². The molecular formula is C25H41IN4O2. The Morgan fingerprint density at radius 1 is 1.22 bits per heavy atom. The molecule has 0 bridgehead atoms. The van der Waals surface area contributed by atoms with Gasteiger partial charge in [-0.25, -0.2) is 4.99 Å². The minimum absolute atomic E-state index is 0. The highest BCUT2D eigenvalue weighted by Gasteiger charge is 2.35. The van der Waals surface area contributed by atoms with Crippen LogP contribution in [0.4, 0.5) is 0 Å². The maximum atomic E-state index is 11.9. The molecule has 7 heteroatoms. The fourth-order valence-electron chi connectivity index (χ4n) is 4.67. The van der Waals surface area contributed by atoms with Gasteiger partial charge in [-0.1, -0.05) is 45.0 Å². The topological polar surface area (TPSA) is 66.0 Å². The Bertz CT molecular complexity index is 763. The van der Waals surface area contributed by atoms with Crippen LogP contribution in [0.1, 0.15) is 64.5 Å². The third-order valence-electron chi connectivity index (χ3n) is 6.13. The van der Waals surface area contributed by atoms with E-state index in [1.54, 1.807) is 0 Å². The average Bonchev–Trinajstić information content (AvgIpc) is 3.14. The lowest BCUT2D eigenvalue weighted by Gasteiger charge is -2.40. The Balaban J connectivity index is 0.00000363. The van der Waals surface area contributed by atoms with E-state index in [-0.39, 0.29) is 41.4 Å². The molecule has 180 valence electrons. The Kier molecular flexibility index (Phi) is 10.7. The number of nitrogens with one attached hydrogen (secondary N) is 2. The van der Waals surface area contributed by atoms with Crippen LogP contribution < -0.4 is 10.6 Å². The highest BCUT2D eigenvalue weighted by atomic mass is 127. The lowest BCUT2D eigenvalue weighted by atomic mass is 9.78. The number of hydrogen-bond donors (Lipinski definition) is 2. The summed E-state index contributed by atoms with van der Waals surface area (Å²) in [6.45, 7) is 13.6. The molecule has 0 aliphatic carbocycles. The number of guanidine groups is 1. The zero-order valence-corrected chi connectivity index (χ0v) is 22.5. The van der Waals surface area contributed by atoms with Crippen LogP contribution in [0.2, 0.25) is 0 Å². The molecule has 0 aromatic heterocycles. The van der Waals surface area contributed by atoms with E-state index in [1.165, 1.54) is 12.0 Å². The number of carbonyl (C=O) groups excluding carboxylic acids is 1. The molecular weight excluding hydrogens is 515 g/mol. The normalized spacial score (nSPS) is 21.9. The van der Waals surface area contributed by atoms with E-state index in [0.29, 0.717) is 25.4 Å². The first-order chi connectivity index (χ1) is 14.9. The van der Waals surface area contributed by atoms with Crippen molar-refractivity contribution in [1.29, 1.82) is 0 Å². The van der Waals surface area contributed by atoms with Crippen LogP contribution in [0.3, 0.4) is 0 Å². The van der Waals surface area contributed by atoms with Crippen molar-refractivity contribution < 1.29 is 9.53 Å². The molecule has 3 rings (SSSR count). The second-order valence-corrected chi connectivity index (χ2v) is 9.87. The zero-order valence-electron chi connectivity index (χ0n) is 20.2. The Labute approximate surface area is 211 Å². The lowest BCUT2D eigenvalue weighted by Crippen LogP contribution is -2.47. The average molecular weight is 557 g/mol. The third-order valence-corrected chi connectivity index (χ3v) is 6.13. The van der Waals surface area contributed by atoms with Gasteiger partial charge in [0.2, 0.25) is 5.91 Å². The second kappa shape index (κ2) is 12.8. The molecule has 1 aromatic carbocycles. The van der Waals surface area contributed by atoms with Gasteiger partial charge in [0.25, 0.3) is 0 Å². The molecule has 1 aromatic rings. The Hall–Kier alpha value is -1.35. The molecule has 0 radical (unpaired) electrons. The number of likely N-dealkylation sites (tertiary alicyclic amines) is 1. The fourth-order valence-corrected chi connectivity index (χ4v) is 4.67. The first-order valence-electron chi connectivity index (χ1n) is 11.9. The predicted molar refractivity (Wildman–Crippen MR) is 141 cm³/mol. The zero-order chi connectivity index (χ0) is 22.3. The van der Waals surface area contributed by atoms with Crippen molar-refractivity contribution in [3.63, 3.8) is 0 Å². The van der Waals surface area contributed by atoms with Crippen LogP contribution in [0.25, 0.3) is 0 Å². The number of carbonyl (C=O) groups is 1. The summed E-state index contributed by atoms with van der Waals surface area (Å²) < 4.78 is 6.12. The summed E-state index contributed by atoms with van der Waals surface area (Å²) in [6.07, 6.45) is 4.23. The van der Waals surface area contributed by atoms with E-state index in [4.69, 9.17) is 9.73 Å². The minimum atomic E-state index is 0. The van der Waals surface area contributed by atoms with E-state index in [1.807, 2.05) is 4.90 Å². The van der Waals surface area contributed by atoms with Crippen molar-refractivity contribution in [3.05, 3.63) is 35.4 Å². The number of halogens is 1. The van der Waals surface area contributed by atoms with Gasteiger partial charge >= 0.3 is 0 Å². The molecule has 1 amide bonds. The smallest absolute Gasteiger partial charge is 0.222 e. The summed E-state index contributed by atoms with van der Waals surface area (Å²) >= 11 is 0. The maximum Gasteiger partial charge on any atom is 0.222 e. The maximum absolute atomic E-state index is 11.9. The van der Waals surface area contributed by atoms with Crippen LogP contribution in [-0.4, -0.2) is 49.1 Å². The molecule has 2 N–H and O–H groups in total. The van der Waals surface area contributed by atoms with E-state index in [9.17, 15) is 4.79 Å². The third kappa shape index (κ3) is 7.90. The quantitative estimate of drug-likeness (QED) is 0.298. The molecule has 2 unspecified atom stereocenters. The molecule has 6 nitrogen and oxygen atoms in total. The number of amides is 1. The first kappa shape index (κ1) is 26.9. The molecule has 2 aliphatic rings. The molecule has 2 aliphatic heterocycles. The van der Waals surface area contributed by atoms with Crippen LogP contribution in [0.15, 0.2) is 29.3 Å². The highest BCUT2D eigenvalue weighted by Crippen LogP contribution is 2.33. The standard InChI is InChI=1S/C25H40N4O2.HI/c1-5-26-24(28-17-21-11-8-14-31-23(21)25(2,3)4)27-16-19-9-6-10-20(15-19)18-29-13-7-12-22(29)30;/h6,9-10,15,21,23H,5,7-8,11-14,16-18H2,1-4H3,(H2,26,27,28);1H. The minimum Gasteiger partial charge on any atom is -0.377 e. The van der Waals surface area contributed by atoms with Crippen LogP contribution in [-0.2, 0) is 22.6 Å². The van der Waals surface area contributed by atoms with Gasteiger partial charge in [-0.05, 0) is 42.7 Å². The Morgan fingerprint density at radius 2 is 2.00 bits per heavy atom. The van der Waals surface area contributed by atoms with Gasteiger partial charge < -0.3 is 20.3 Å². The van der Waals surface area contributed by atoms with Crippen molar-refractivity contribution in [3.8, 4) is 0 Å². The second-order valence-electron chi connectivity index (χ2n) is 9.87. The van der Waals surface area contributed by atoms with Gasteiger partial charge in [0, 0.05) is 45.1 Å². The van der Waals surface area contributed by atoms with E-state index in [0.717, 1.165) is 50.6 Å². The largest absolute Gasteiger partial charge is 0.377 e. The van der Waals surface area contributed by atoms with Crippen LogP contribution in [0.5, 0.6) is 0 Å². The Morgan fingerprint density at radius 3 is 2.69 bits per heavy atom. The summed E-state index contributed by atoms with van der Waals surface area (Å²) in [5.74, 6) is 1.60. The van der Waals surface area contributed by atoms with Gasteiger partial charge in [0.15, 0.2) is 5.96 Å². The van der Waals surface area contributed by atoms with Gasteiger partial charge in [-0.15, -0.1) is 24.0 Å². The molecule has 0 saturated carbocycles. The van der Waals surface area contributed by atoms with Crippen molar-refractivity contribution in [2.45, 2.75) is 72.6 Å². The number of ether oxygens (including phenoxy) is 1. The predicted octanol–water partition coefficient (Wildman–Crippen LogP) is 4.32. The van der Waals surface area contributed by atoms with Crippen molar-refractivity contribution >= 4 is 35.8 Å². The van der Waals surface area contributed by atoms with Crippen molar-refractivity contribution in [1.82, 2.24) is 15.5 Å². The van der Waals surface area contributed by atoms with E-state index in [2.05, 4.69) is 62.6 Å². The summed E-state index contributed by atoms with van der Waals surface area (Å²) in [5.41, 5.74) is 2.47. The molecule has 2 atom stereocenters. The summed E-state index contributed by atoms with van der Waals surface area (Å²) in [6, 6.07) is 8.43. The SMILES string of the molecule is CCNC(=NCc1cccc(CN2CCCC2=O)c1)NCC1CCCOC1C(C)(C)C.I. The van der Waals surface area contributed by atoms with E-state index >= 15 is 0 Å². The molecule has 0 spiro atoms. The van der Waals surface area contributed by atoms with Gasteiger partial charge in [-0.3, -0.25) is 4.79 Å². The first-order valence-corrected chi connectivity index (χ1v) is 11.9.